The number of hydrazine groups is 1. The van der Waals surface area contributed by atoms with E-state index in [9.17, 15) is 9.59 Å². The van der Waals surface area contributed by atoms with Crippen molar-refractivity contribution in [2.75, 3.05) is 25.1 Å². The number of piperidine rings is 1. The summed E-state index contributed by atoms with van der Waals surface area (Å²) < 4.78 is 1.66. The number of anilines is 1. The molecule has 0 saturated carbocycles. The lowest BCUT2D eigenvalue weighted by Crippen LogP contribution is -2.40. The molecule has 39 heavy (non-hydrogen) atoms. The number of carbonyl (C=O) groups is 2. The number of hydrogen-bond donors (Lipinski definition) is 1. The third-order valence-electron chi connectivity index (χ3n) is 6.86. The van der Waals surface area contributed by atoms with Crippen LogP contribution in [-0.2, 0) is 0 Å². The topological polar surface area (TPSA) is 134 Å². The molecule has 1 aliphatic rings. The molecule has 0 unspecified atom stereocenters. The fraction of sp³-hybridized carbons (Fsp3) is 0.308. The van der Waals surface area contributed by atoms with Gasteiger partial charge in [0, 0.05) is 37.5 Å². The summed E-state index contributed by atoms with van der Waals surface area (Å²) in [5.41, 5.74) is 7.14. The maximum absolute atomic E-state index is 13.2. The Morgan fingerprint density at radius 3 is 2.64 bits per heavy atom. The molecule has 1 N–H and O–H groups in total. The van der Waals surface area contributed by atoms with Gasteiger partial charge in [0.15, 0.2) is 17.2 Å². The second kappa shape index (κ2) is 9.98. The van der Waals surface area contributed by atoms with Gasteiger partial charge in [0.1, 0.15) is 5.69 Å². The van der Waals surface area contributed by atoms with Crippen LogP contribution in [0.25, 0.3) is 16.7 Å². The molecule has 12 nitrogen and oxygen atoms in total. The van der Waals surface area contributed by atoms with Crippen molar-refractivity contribution in [3.8, 4) is 0 Å². The largest absolute Gasteiger partial charge is 0.337 e. The average molecular weight is 543 g/mol. The number of aryl methyl sites for hydroxylation is 2. The standard InChI is InChI=1S/C26H26N10O2S/c1-15-12-21-30-31-23(16(2)36(21)32-15)26(38)35-10-8-17(9-11-35)25-29-20(14-39-25)24(37)33-34(3)22-13-27-18-6-4-5-7-19(18)28-22/h4-7,12-14,17H,8-11H2,1-3H3,(H,33,37). The van der Waals surface area contributed by atoms with E-state index in [0.29, 0.717) is 41.6 Å². The quantitative estimate of drug-likeness (QED) is 0.333. The Morgan fingerprint density at radius 2 is 1.85 bits per heavy atom. The summed E-state index contributed by atoms with van der Waals surface area (Å²) in [5, 5.41) is 17.0. The molecule has 0 bridgehead atoms. The monoisotopic (exact) mass is 542 g/mol. The maximum atomic E-state index is 13.2. The minimum atomic E-state index is -0.319. The molecular formula is C26H26N10O2S. The number of para-hydroxylation sites is 2. The molecule has 1 aliphatic heterocycles. The first kappa shape index (κ1) is 24.8. The van der Waals surface area contributed by atoms with Crippen molar-refractivity contribution in [3.63, 3.8) is 0 Å². The fourth-order valence-electron chi connectivity index (χ4n) is 4.71. The van der Waals surface area contributed by atoms with Gasteiger partial charge in [-0.15, -0.1) is 21.5 Å². The summed E-state index contributed by atoms with van der Waals surface area (Å²) in [7, 11) is 1.72. The molecule has 2 amide bonds. The Bertz CT molecular complexity index is 1710. The summed E-state index contributed by atoms with van der Waals surface area (Å²) in [6.07, 6.45) is 3.12. The van der Waals surface area contributed by atoms with Gasteiger partial charge in [-0.25, -0.2) is 14.5 Å². The number of likely N-dealkylation sites (tertiary alicyclic amines) is 1. The molecule has 4 aromatic heterocycles. The summed E-state index contributed by atoms with van der Waals surface area (Å²) >= 11 is 1.47. The third kappa shape index (κ3) is 4.76. The highest BCUT2D eigenvalue weighted by atomic mass is 32.1. The van der Waals surface area contributed by atoms with Crippen LogP contribution in [0.5, 0.6) is 0 Å². The van der Waals surface area contributed by atoms with Gasteiger partial charge in [0.25, 0.3) is 11.8 Å². The Labute approximate surface area is 227 Å². The molecule has 13 heteroatoms. The summed E-state index contributed by atoms with van der Waals surface area (Å²) in [6.45, 7) is 4.86. The maximum Gasteiger partial charge on any atom is 0.289 e. The van der Waals surface area contributed by atoms with Crippen molar-refractivity contribution in [1.82, 2.24) is 45.1 Å². The van der Waals surface area contributed by atoms with Gasteiger partial charge < -0.3 is 4.90 Å². The first-order chi connectivity index (χ1) is 18.9. The second-order valence-electron chi connectivity index (χ2n) is 9.54. The molecule has 0 spiro atoms. The lowest BCUT2D eigenvalue weighted by molar-refractivity contribution is 0.0704. The van der Waals surface area contributed by atoms with Crippen molar-refractivity contribution in [3.05, 3.63) is 69.7 Å². The Morgan fingerprint density at radius 1 is 1.08 bits per heavy atom. The Kier molecular flexibility index (Phi) is 6.35. The van der Waals surface area contributed by atoms with E-state index in [4.69, 9.17) is 0 Å². The first-order valence-corrected chi connectivity index (χ1v) is 13.5. The van der Waals surface area contributed by atoms with Crippen LogP contribution in [-0.4, -0.2) is 71.6 Å². The summed E-state index contributed by atoms with van der Waals surface area (Å²) in [4.78, 5) is 41.4. The van der Waals surface area contributed by atoms with Crippen LogP contribution in [0.3, 0.4) is 0 Å². The van der Waals surface area contributed by atoms with Gasteiger partial charge in [0.2, 0.25) is 0 Å². The van der Waals surface area contributed by atoms with Crippen molar-refractivity contribution in [2.24, 2.45) is 0 Å². The average Bonchev–Trinajstić information content (AvgIpc) is 3.60. The van der Waals surface area contributed by atoms with Gasteiger partial charge in [-0.2, -0.15) is 5.10 Å². The fourth-order valence-corrected chi connectivity index (χ4v) is 5.68. The highest BCUT2D eigenvalue weighted by molar-refractivity contribution is 7.09. The van der Waals surface area contributed by atoms with Crippen molar-refractivity contribution in [2.45, 2.75) is 32.6 Å². The van der Waals surface area contributed by atoms with Crippen LogP contribution in [0, 0.1) is 13.8 Å². The molecule has 198 valence electrons. The van der Waals surface area contributed by atoms with Crippen LogP contribution in [0.4, 0.5) is 5.82 Å². The number of rotatable bonds is 5. The van der Waals surface area contributed by atoms with Crippen molar-refractivity contribution >= 4 is 45.6 Å². The number of nitrogens with one attached hydrogen (secondary N) is 1. The van der Waals surface area contributed by atoms with Crippen LogP contribution < -0.4 is 10.4 Å². The number of carbonyl (C=O) groups excluding carboxylic acids is 2. The van der Waals surface area contributed by atoms with Crippen LogP contribution in [0.1, 0.15) is 56.1 Å². The molecular weight excluding hydrogens is 516 g/mol. The molecule has 0 radical (unpaired) electrons. The molecule has 5 aromatic rings. The normalized spacial score (nSPS) is 14.2. The van der Waals surface area contributed by atoms with Crippen molar-refractivity contribution in [1.29, 1.82) is 0 Å². The summed E-state index contributed by atoms with van der Waals surface area (Å²) in [6, 6.07) is 9.39. The van der Waals surface area contributed by atoms with E-state index in [2.05, 4.69) is 35.7 Å². The highest BCUT2D eigenvalue weighted by Gasteiger charge is 2.29. The van der Waals surface area contributed by atoms with Gasteiger partial charge in [-0.05, 0) is 38.8 Å². The first-order valence-electron chi connectivity index (χ1n) is 12.6. The lowest BCUT2D eigenvalue weighted by Gasteiger charge is -2.31. The smallest absolute Gasteiger partial charge is 0.289 e. The molecule has 1 aromatic carbocycles. The molecule has 0 aliphatic carbocycles. The molecule has 1 saturated heterocycles. The Hall–Kier alpha value is -4.52. The van der Waals surface area contributed by atoms with E-state index in [1.54, 1.807) is 28.0 Å². The number of fused-ring (bicyclic) bond motifs is 2. The summed E-state index contributed by atoms with van der Waals surface area (Å²) in [5.74, 6) is 0.234. The number of thiazole rings is 1. The number of benzene rings is 1. The minimum Gasteiger partial charge on any atom is -0.337 e. The number of nitrogens with zero attached hydrogens (tertiary/aromatic N) is 9. The van der Waals surface area contributed by atoms with Gasteiger partial charge in [-0.1, -0.05) is 12.1 Å². The zero-order chi connectivity index (χ0) is 27.1. The van der Waals surface area contributed by atoms with E-state index < -0.39 is 0 Å². The van der Waals surface area contributed by atoms with Crippen molar-refractivity contribution < 1.29 is 9.59 Å². The van der Waals surface area contributed by atoms with E-state index in [-0.39, 0.29) is 17.7 Å². The van der Waals surface area contributed by atoms with E-state index in [1.807, 2.05) is 44.2 Å². The predicted octanol–water partition coefficient (Wildman–Crippen LogP) is 2.94. The highest BCUT2D eigenvalue weighted by Crippen LogP contribution is 2.31. The molecule has 5 heterocycles. The van der Waals surface area contributed by atoms with E-state index >= 15 is 0 Å². The lowest BCUT2D eigenvalue weighted by atomic mass is 9.97. The second-order valence-corrected chi connectivity index (χ2v) is 10.4. The zero-order valence-electron chi connectivity index (χ0n) is 21.7. The Balaban J connectivity index is 1.08. The third-order valence-corrected chi connectivity index (χ3v) is 7.87. The number of hydrogen-bond acceptors (Lipinski definition) is 10. The van der Waals surface area contributed by atoms with Crippen LogP contribution in [0.15, 0.2) is 41.9 Å². The SMILES string of the molecule is Cc1cc2nnc(C(=O)N3CCC(c4nc(C(=O)NN(C)c5cnc6ccccc6n5)cs4)CC3)c(C)n2n1. The van der Waals surface area contributed by atoms with E-state index in [1.165, 1.54) is 16.3 Å². The van der Waals surface area contributed by atoms with Gasteiger partial charge in [-0.3, -0.25) is 25.0 Å². The molecule has 1 fully saturated rings. The minimum absolute atomic E-state index is 0.146. The van der Waals surface area contributed by atoms with E-state index in [0.717, 1.165) is 34.6 Å². The zero-order valence-corrected chi connectivity index (χ0v) is 22.5. The van der Waals surface area contributed by atoms with Gasteiger partial charge in [0.05, 0.1) is 33.6 Å². The molecule has 0 atom stereocenters. The number of amides is 2. The molecule has 6 rings (SSSR count). The number of aromatic nitrogens is 7. The predicted molar refractivity (Wildman–Crippen MR) is 146 cm³/mol. The van der Waals surface area contributed by atoms with Crippen LogP contribution >= 0.6 is 11.3 Å². The van der Waals surface area contributed by atoms with Crippen LogP contribution in [0.2, 0.25) is 0 Å². The van der Waals surface area contributed by atoms with Gasteiger partial charge >= 0.3 is 0 Å².